The molecule has 23 heavy (non-hydrogen) atoms. The Bertz CT molecular complexity index is 486. The van der Waals surface area contributed by atoms with E-state index in [1.165, 1.54) is 38.8 Å². The van der Waals surface area contributed by atoms with Crippen molar-refractivity contribution in [2.45, 2.75) is 57.0 Å². The number of rotatable bonds is 9. The van der Waals surface area contributed by atoms with Gasteiger partial charge in [0.05, 0.1) is 0 Å². The molecule has 0 aromatic carbocycles. The van der Waals surface area contributed by atoms with E-state index in [4.69, 9.17) is 6.42 Å². The van der Waals surface area contributed by atoms with E-state index < -0.39 is 0 Å². The molecule has 126 valence electrons. The average molecular weight is 316 g/mol. The Morgan fingerprint density at radius 1 is 1.26 bits per heavy atom. The van der Waals surface area contributed by atoms with Gasteiger partial charge in [-0.15, -0.1) is 12.3 Å². The summed E-state index contributed by atoms with van der Waals surface area (Å²) in [5.74, 6) is 4.30. The first kappa shape index (κ1) is 16.4. The van der Waals surface area contributed by atoms with E-state index in [1.54, 1.807) is 0 Å². The van der Waals surface area contributed by atoms with Crippen LogP contribution in [0.4, 0.5) is 0 Å². The standard InChI is InChI=1S/C18H28N4O/c1-2-3-9-18(20-21-18)10-8-17(23)19-12-16-5-4-11-22(14-16)13-15-6-7-15/h1,15-16H,3-14H2,(H,19,23). The first-order valence-electron chi connectivity index (χ1n) is 9.06. The van der Waals surface area contributed by atoms with Gasteiger partial charge in [-0.25, -0.2) is 0 Å². The molecule has 0 bridgehead atoms. The van der Waals surface area contributed by atoms with Gasteiger partial charge in [-0.1, -0.05) is 0 Å². The molecule has 3 aliphatic rings. The minimum absolute atomic E-state index is 0.127. The first-order chi connectivity index (χ1) is 11.2. The quantitative estimate of drug-likeness (QED) is 0.665. The van der Waals surface area contributed by atoms with Crippen molar-refractivity contribution < 1.29 is 4.79 Å². The topological polar surface area (TPSA) is 57.1 Å². The maximum Gasteiger partial charge on any atom is 0.220 e. The van der Waals surface area contributed by atoms with Gasteiger partial charge in [0.2, 0.25) is 5.91 Å². The lowest BCUT2D eigenvalue weighted by Gasteiger charge is -2.32. The third-order valence-electron chi connectivity index (χ3n) is 5.21. The molecule has 0 aromatic rings. The number of carbonyl (C=O) groups is 1. The molecule has 0 aromatic heterocycles. The molecule has 1 atom stereocenters. The summed E-state index contributed by atoms with van der Waals surface area (Å²) in [6, 6.07) is 0. The highest BCUT2D eigenvalue weighted by Gasteiger charge is 2.39. The SMILES string of the molecule is C#CCCC1(CCC(=O)NCC2CCCN(CC3CC3)C2)N=N1. The summed E-state index contributed by atoms with van der Waals surface area (Å²) in [4.78, 5) is 14.6. The van der Waals surface area contributed by atoms with E-state index in [0.29, 0.717) is 25.2 Å². The minimum Gasteiger partial charge on any atom is -0.356 e. The van der Waals surface area contributed by atoms with Gasteiger partial charge in [-0.2, -0.15) is 10.2 Å². The molecule has 1 aliphatic carbocycles. The molecule has 0 radical (unpaired) electrons. The zero-order valence-corrected chi connectivity index (χ0v) is 14.0. The van der Waals surface area contributed by atoms with Gasteiger partial charge in [0, 0.05) is 45.3 Å². The van der Waals surface area contributed by atoms with Crippen molar-refractivity contribution in [2.75, 3.05) is 26.2 Å². The summed E-state index contributed by atoms with van der Waals surface area (Å²) in [5, 5.41) is 11.3. The van der Waals surface area contributed by atoms with Crippen molar-refractivity contribution >= 4 is 5.91 Å². The first-order valence-corrected chi connectivity index (χ1v) is 9.06. The number of amides is 1. The van der Waals surface area contributed by atoms with Crippen molar-refractivity contribution in [3.63, 3.8) is 0 Å². The number of carbonyl (C=O) groups excluding carboxylic acids is 1. The second-order valence-electron chi connectivity index (χ2n) is 7.40. The molecule has 1 saturated carbocycles. The van der Waals surface area contributed by atoms with Crippen LogP contribution in [0.2, 0.25) is 0 Å². The van der Waals surface area contributed by atoms with E-state index >= 15 is 0 Å². The Labute approximate surface area is 139 Å². The van der Waals surface area contributed by atoms with Gasteiger partial charge < -0.3 is 10.2 Å². The number of nitrogens with zero attached hydrogens (tertiary/aromatic N) is 3. The summed E-state index contributed by atoms with van der Waals surface area (Å²) in [6.45, 7) is 4.46. The second kappa shape index (κ2) is 7.44. The lowest BCUT2D eigenvalue weighted by atomic mass is 9.97. The van der Waals surface area contributed by atoms with Gasteiger partial charge >= 0.3 is 0 Å². The molecule has 1 saturated heterocycles. The molecule has 3 rings (SSSR count). The molecule has 1 unspecified atom stereocenters. The van der Waals surface area contributed by atoms with E-state index in [0.717, 1.165) is 25.4 Å². The number of likely N-dealkylation sites (tertiary alicyclic amines) is 1. The molecule has 2 aliphatic heterocycles. The van der Waals surface area contributed by atoms with E-state index in [2.05, 4.69) is 26.4 Å². The van der Waals surface area contributed by atoms with Gasteiger partial charge in [-0.05, 0) is 44.1 Å². The third-order valence-corrected chi connectivity index (χ3v) is 5.21. The molecular formula is C18H28N4O. The van der Waals surface area contributed by atoms with Crippen molar-refractivity contribution in [2.24, 2.45) is 22.1 Å². The van der Waals surface area contributed by atoms with E-state index in [1.807, 2.05) is 0 Å². The summed E-state index contributed by atoms with van der Waals surface area (Å²) in [5.41, 5.74) is -0.338. The summed E-state index contributed by atoms with van der Waals surface area (Å²) in [6.07, 6.45) is 13.2. The highest BCUT2D eigenvalue weighted by Crippen LogP contribution is 2.37. The third kappa shape index (κ3) is 5.31. The minimum atomic E-state index is -0.338. The fourth-order valence-corrected chi connectivity index (χ4v) is 3.48. The Hall–Kier alpha value is -1.41. The van der Waals surface area contributed by atoms with Crippen molar-refractivity contribution in [1.82, 2.24) is 10.2 Å². The largest absolute Gasteiger partial charge is 0.356 e. The van der Waals surface area contributed by atoms with Crippen LogP contribution in [0, 0.1) is 24.2 Å². The van der Waals surface area contributed by atoms with Crippen LogP contribution >= 0.6 is 0 Å². The Morgan fingerprint density at radius 3 is 2.78 bits per heavy atom. The van der Waals surface area contributed by atoms with Crippen LogP contribution in [-0.4, -0.2) is 42.6 Å². The predicted molar refractivity (Wildman–Crippen MR) is 89.8 cm³/mol. The molecule has 1 amide bonds. The Kier molecular flexibility index (Phi) is 5.32. The van der Waals surface area contributed by atoms with Gasteiger partial charge in [0.1, 0.15) is 0 Å². The second-order valence-corrected chi connectivity index (χ2v) is 7.40. The van der Waals surface area contributed by atoms with Crippen molar-refractivity contribution in [1.29, 1.82) is 0 Å². The molecular weight excluding hydrogens is 288 g/mol. The number of hydrogen-bond acceptors (Lipinski definition) is 4. The van der Waals surface area contributed by atoms with Crippen LogP contribution in [-0.2, 0) is 4.79 Å². The molecule has 2 heterocycles. The number of piperidine rings is 1. The maximum absolute atomic E-state index is 12.1. The zero-order chi connectivity index (χ0) is 16.1. The number of hydrogen-bond donors (Lipinski definition) is 1. The van der Waals surface area contributed by atoms with Gasteiger partial charge in [0.15, 0.2) is 5.66 Å². The predicted octanol–water partition coefficient (Wildman–Crippen LogP) is 2.58. The molecule has 5 nitrogen and oxygen atoms in total. The monoisotopic (exact) mass is 316 g/mol. The normalized spacial score (nSPS) is 25.8. The van der Waals surface area contributed by atoms with Crippen LogP contribution in [0.25, 0.3) is 0 Å². The van der Waals surface area contributed by atoms with Crippen molar-refractivity contribution in [3.8, 4) is 12.3 Å². The van der Waals surface area contributed by atoms with Gasteiger partial charge in [0.25, 0.3) is 0 Å². The Morgan fingerprint density at radius 2 is 2.09 bits per heavy atom. The van der Waals surface area contributed by atoms with Crippen LogP contribution in [0.3, 0.4) is 0 Å². The van der Waals surface area contributed by atoms with E-state index in [-0.39, 0.29) is 11.6 Å². The summed E-state index contributed by atoms with van der Waals surface area (Å²) >= 11 is 0. The fourth-order valence-electron chi connectivity index (χ4n) is 3.48. The Balaban J connectivity index is 1.30. The smallest absolute Gasteiger partial charge is 0.220 e. The number of terminal acetylenes is 1. The van der Waals surface area contributed by atoms with Crippen LogP contribution < -0.4 is 5.32 Å². The lowest BCUT2D eigenvalue weighted by Crippen LogP contribution is -2.41. The van der Waals surface area contributed by atoms with E-state index in [9.17, 15) is 4.79 Å². The van der Waals surface area contributed by atoms with Gasteiger partial charge in [-0.3, -0.25) is 4.79 Å². The van der Waals surface area contributed by atoms with Crippen LogP contribution in [0.15, 0.2) is 10.2 Å². The highest BCUT2D eigenvalue weighted by molar-refractivity contribution is 5.76. The van der Waals surface area contributed by atoms with Crippen molar-refractivity contribution in [3.05, 3.63) is 0 Å². The van der Waals surface area contributed by atoms with Crippen LogP contribution in [0.5, 0.6) is 0 Å². The fraction of sp³-hybridized carbons (Fsp3) is 0.833. The molecule has 2 fully saturated rings. The number of nitrogens with one attached hydrogen (secondary N) is 1. The molecule has 5 heteroatoms. The lowest BCUT2D eigenvalue weighted by molar-refractivity contribution is -0.121. The summed E-state index contributed by atoms with van der Waals surface area (Å²) < 4.78 is 0. The highest BCUT2D eigenvalue weighted by atomic mass is 16.1. The average Bonchev–Trinajstić information content (AvgIpc) is 3.47. The molecule has 0 spiro atoms. The zero-order valence-electron chi connectivity index (χ0n) is 14.0. The maximum atomic E-state index is 12.1. The van der Waals surface area contributed by atoms with Crippen LogP contribution in [0.1, 0.15) is 51.4 Å². The summed E-state index contributed by atoms with van der Waals surface area (Å²) in [7, 11) is 0. The molecule has 1 N–H and O–H groups in total.